The highest BCUT2D eigenvalue weighted by Crippen LogP contribution is 2.36. The van der Waals surface area contributed by atoms with Gasteiger partial charge in [-0.15, -0.1) is 0 Å². The third-order valence-corrected chi connectivity index (χ3v) is 19.3. The highest BCUT2D eigenvalue weighted by Gasteiger charge is 2.31. The molecule has 3 amide bonds. The van der Waals surface area contributed by atoms with Crippen molar-refractivity contribution in [2.45, 2.75) is 74.1 Å². The standard InChI is InChI=1S/3C22H18F2N6O3.C14H11N5O4.C8H9F2N.3CH4/c3*1-11(16-13(23)4-3-5-14(16)24)27-21(32)19-20(25)29-18(22-26-8-9-33-22)17(28-19)12-6-7-15(31)30(2)10-12;1-19-6-7(2-3-8(19)20)9-10(13-16-4-5-23-13)18-12(15)11(17-9)14(21)22;1-5(11)8-6(9)3-2-4-7(8)10;;;/h3*3-11H,1-2H3,(H2,25,29)(H,27,32);2-6H,1H3,(H2,15,18)(H,21,22);2-5H,11H2,1H3;3*1H4. The van der Waals surface area contributed by atoms with E-state index in [2.05, 4.69) is 75.8 Å². The number of nitrogens with one attached hydrogen (secondary N) is 3. The number of pyridine rings is 4. The SMILES string of the molecule is C.C.C.CC(N)c1c(F)cccc1F.CC(NC(=O)c1nc(-c2ccc(=O)n(C)c2)c(-c2ncco2)nc1N)c1c(F)cccc1F.CC(NC(=O)c1nc(-c2ccc(=O)n(C)c2)c(-c2ncco2)nc1N)c1c(F)cccc1F.CC(NC(=O)c1nc(-c2ccc(=O)n(C)c2)c(-c2ncco2)nc1N)c1c(F)cccc1F.Cn1cc(-c2nc(C(=O)O)c(N)nc2-c2ncco2)ccc1=O. The van der Waals surface area contributed by atoms with E-state index in [9.17, 15) is 78.6 Å². The second-order valence-electron chi connectivity index (χ2n) is 28.7. The molecule has 45 heteroatoms. The normalized spacial score (nSPS) is 11.5. The topological polar surface area (TPSA) is 550 Å². The summed E-state index contributed by atoms with van der Waals surface area (Å²) in [6.45, 7) is 5.83. The van der Waals surface area contributed by atoms with Crippen LogP contribution in [0.25, 0.3) is 91.4 Å². The number of rotatable bonds is 19. The number of nitrogens with zero attached hydrogens (tertiary/aromatic N) is 16. The van der Waals surface area contributed by atoms with Crippen molar-refractivity contribution in [3.05, 3.63) is 329 Å². The first-order chi connectivity index (χ1) is 63.4. The molecule has 14 N–H and O–H groups in total. The molecular weight excluding hydrogens is 1790 g/mol. The van der Waals surface area contributed by atoms with Gasteiger partial charge in [0.15, 0.2) is 68.8 Å². The molecule has 0 radical (unpaired) electrons. The zero-order valence-corrected chi connectivity index (χ0v) is 70.7. The number of hydrogen-bond acceptors (Lipinski definition) is 29. The Balaban J connectivity index is 0.000000196. The van der Waals surface area contributed by atoms with Crippen LogP contribution in [0.15, 0.2) is 233 Å². The maximum absolute atomic E-state index is 14.1. The minimum atomic E-state index is -1.31. The summed E-state index contributed by atoms with van der Waals surface area (Å²) in [4.78, 5) is 147. The maximum atomic E-state index is 14.1. The summed E-state index contributed by atoms with van der Waals surface area (Å²) in [5.74, 6) is -10.2. The summed E-state index contributed by atoms with van der Waals surface area (Å²) >= 11 is 0. The highest BCUT2D eigenvalue weighted by atomic mass is 19.2. The Morgan fingerprint density at radius 2 is 0.529 bits per heavy atom. The van der Waals surface area contributed by atoms with Crippen molar-refractivity contribution in [1.29, 1.82) is 0 Å². The number of carbonyl (C=O) groups excluding carboxylic acids is 3. The number of carboxylic acid groups (broad SMARTS) is 1. The van der Waals surface area contributed by atoms with Crippen molar-refractivity contribution in [3.8, 4) is 91.4 Å². The Labute approximate surface area is 766 Å². The van der Waals surface area contributed by atoms with E-state index in [0.29, 0.717) is 22.3 Å². The van der Waals surface area contributed by atoms with Crippen LogP contribution in [-0.4, -0.2) is 107 Å². The van der Waals surface area contributed by atoms with Gasteiger partial charge in [-0.25, -0.2) is 99.7 Å². The molecule has 704 valence electrons. The summed E-state index contributed by atoms with van der Waals surface area (Å²) in [5.41, 5.74) is 29.1. The zero-order valence-electron chi connectivity index (χ0n) is 70.7. The second-order valence-corrected chi connectivity index (χ2v) is 28.7. The molecule has 37 nitrogen and oxygen atoms in total. The number of nitrogen functional groups attached to an aromatic ring is 4. The van der Waals surface area contributed by atoms with Crippen LogP contribution in [0, 0.1) is 46.5 Å². The maximum Gasteiger partial charge on any atom is 0.358 e. The average Bonchev–Trinajstić information content (AvgIpc) is 1.03. The summed E-state index contributed by atoms with van der Waals surface area (Å²) in [5, 5.41) is 16.7. The van der Waals surface area contributed by atoms with Gasteiger partial charge in [0.2, 0.25) is 45.8 Å². The lowest BCUT2D eigenvalue weighted by molar-refractivity contribution is 0.0690. The van der Waals surface area contributed by atoms with Crippen LogP contribution in [0.1, 0.15) is 138 Å². The molecule has 0 spiro atoms. The Hall–Kier alpha value is -17.7. The van der Waals surface area contributed by atoms with E-state index in [0.717, 1.165) is 36.4 Å². The van der Waals surface area contributed by atoms with Gasteiger partial charge in [-0.2, -0.15) is 0 Å². The van der Waals surface area contributed by atoms with E-state index in [-0.39, 0.29) is 182 Å². The van der Waals surface area contributed by atoms with Crippen LogP contribution in [0.3, 0.4) is 0 Å². The number of anilines is 4. The van der Waals surface area contributed by atoms with Crippen LogP contribution < -0.4 is 66.9 Å². The Kier molecular flexibility index (Phi) is 33.2. The van der Waals surface area contributed by atoms with Gasteiger partial charge in [-0.1, -0.05) is 46.5 Å². The first-order valence-corrected chi connectivity index (χ1v) is 39.0. The summed E-state index contributed by atoms with van der Waals surface area (Å²) in [6, 6.07) is 21.7. The molecule has 4 unspecified atom stereocenters. The number of benzene rings is 4. The van der Waals surface area contributed by atoms with Crippen LogP contribution in [0.4, 0.5) is 58.4 Å². The first kappa shape index (κ1) is 102. The number of aromatic carboxylic acids is 1. The van der Waals surface area contributed by atoms with Gasteiger partial charge in [-0.05, 0) is 100 Å². The van der Waals surface area contributed by atoms with Gasteiger partial charge in [0.05, 0.1) is 42.9 Å². The number of nitrogens with two attached hydrogens (primary N) is 5. The highest BCUT2D eigenvalue weighted by molar-refractivity contribution is 6.00. The van der Waals surface area contributed by atoms with Gasteiger partial charge in [0, 0.05) is 128 Å². The number of oxazole rings is 4. The number of amides is 3. The molecule has 136 heavy (non-hydrogen) atoms. The molecule has 16 rings (SSSR count). The lowest BCUT2D eigenvalue weighted by Crippen LogP contribution is -2.30. The number of hydrogen-bond donors (Lipinski definition) is 9. The van der Waals surface area contributed by atoms with Gasteiger partial charge in [-0.3, -0.25) is 33.6 Å². The molecule has 16 aromatic rings. The molecular formula is C91H86F8N24O13. The predicted octanol–water partition coefficient (Wildman–Crippen LogP) is 13.2. The Bertz CT molecular complexity index is 6720. The van der Waals surface area contributed by atoms with Crippen LogP contribution in [0.2, 0.25) is 0 Å². The third kappa shape index (κ3) is 23.2. The number of aromatic nitrogens is 16. The van der Waals surface area contributed by atoms with Crippen molar-refractivity contribution in [2.24, 2.45) is 33.9 Å². The first-order valence-electron chi connectivity index (χ1n) is 39.0. The minimum Gasteiger partial charge on any atom is -0.476 e. The lowest BCUT2D eigenvalue weighted by atomic mass is 10.1. The van der Waals surface area contributed by atoms with Crippen LogP contribution in [0.5, 0.6) is 0 Å². The molecule has 12 aromatic heterocycles. The smallest absolute Gasteiger partial charge is 0.358 e. The molecule has 0 aliphatic rings. The second kappa shape index (κ2) is 44.3. The van der Waals surface area contributed by atoms with E-state index < -0.39 is 94.4 Å². The van der Waals surface area contributed by atoms with Crippen molar-refractivity contribution >= 4 is 47.0 Å². The van der Waals surface area contributed by atoms with Gasteiger partial charge in [0.1, 0.15) is 94.4 Å². The minimum absolute atomic E-state index is 0. The fraction of sp³-hybridized carbons (Fsp3) is 0.165. The molecule has 0 saturated carbocycles. The van der Waals surface area contributed by atoms with E-state index >= 15 is 0 Å². The molecule has 0 aliphatic carbocycles. The fourth-order valence-electron chi connectivity index (χ4n) is 12.9. The fourth-order valence-corrected chi connectivity index (χ4v) is 12.9. The van der Waals surface area contributed by atoms with Gasteiger partial charge in [0.25, 0.3) is 17.7 Å². The molecule has 0 fully saturated rings. The van der Waals surface area contributed by atoms with Crippen molar-refractivity contribution in [2.75, 3.05) is 22.9 Å². The summed E-state index contributed by atoms with van der Waals surface area (Å²) in [6.07, 6.45) is 17.0. The Morgan fingerprint density at radius 1 is 0.324 bits per heavy atom. The quantitative estimate of drug-likeness (QED) is 0.0340. The predicted molar refractivity (Wildman–Crippen MR) is 483 cm³/mol. The molecule has 0 aliphatic heterocycles. The number of carbonyl (C=O) groups is 4. The molecule has 4 atom stereocenters. The lowest BCUT2D eigenvalue weighted by Gasteiger charge is -2.17. The van der Waals surface area contributed by atoms with E-state index in [1.54, 1.807) is 35.1 Å². The molecule has 0 bridgehead atoms. The monoisotopic (exact) mass is 1870 g/mol. The van der Waals surface area contributed by atoms with E-state index in [4.69, 9.17) is 46.3 Å². The van der Waals surface area contributed by atoms with Crippen LogP contribution >= 0.6 is 0 Å². The average molecular weight is 1880 g/mol. The van der Waals surface area contributed by atoms with Crippen molar-refractivity contribution in [3.63, 3.8) is 0 Å². The number of aryl methyl sites for hydroxylation is 4. The van der Waals surface area contributed by atoms with E-state index in [1.165, 1.54) is 199 Å². The zero-order chi connectivity index (χ0) is 96.1. The Morgan fingerprint density at radius 3 is 0.713 bits per heavy atom. The van der Waals surface area contributed by atoms with Gasteiger partial charge < -0.3 is 85.7 Å². The molecule has 4 aromatic carbocycles. The van der Waals surface area contributed by atoms with E-state index in [1.807, 2.05) is 0 Å². The van der Waals surface area contributed by atoms with Crippen LogP contribution in [-0.2, 0) is 28.2 Å². The molecule has 0 saturated heterocycles. The summed E-state index contributed by atoms with van der Waals surface area (Å²) < 4.78 is 137. The van der Waals surface area contributed by atoms with Gasteiger partial charge >= 0.3 is 5.97 Å². The van der Waals surface area contributed by atoms with Crippen molar-refractivity contribution in [1.82, 2.24) is 94.0 Å². The number of carboxylic acids is 1. The summed E-state index contributed by atoms with van der Waals surface area (Å²) in [7, 11) is 6.23. The van der Waals surface area contributed by atoms with Crippen molar-refractivity contribution < 1.29 is 77.1 Å². The largest absolute Gasteiger partial charge is 0.476 e. The molecule has 12 heterocycles. The number of halogens is 8. The third-order valence-electron chi connectivity index (χ3n) is 19.3.